The van der Waals surface area contributed by atoms with Crippen LogP contribution in [-0.4, -0.2) is 14.0 Å². The fourth-order valence-corrected chi connectivity index (χ4v) is 4.45. The molecule has 1 N–H and O–H groups in total. The van der Waals surface area contributed by atoms with Gasteiger partial charge in [-0.15, -0.1) is 0 Å². The van der Waals surface area contributed by atoms with Crippen molar-refractivity contribution in [1.29, 1.82) is 0 Å². The van der Waals surface area contributed by atoms with E-state index >= 15 is 0 Å². The number of anilines is 1. The maximum atomic E-state index is 13.0. The lowest BCUT2D eigenvalue weighted by atomic mass is 9.93. The summed E-state index contributed by atoms with van der Waals surface area (Å²) in [6, 6.07) is 20.1. The Hall–Kier alpha value is -3.05. The van der Waals surface area contributed by atoms with Crippen molar-refractivity contribution in [1.82, 2.24) is 0 Å². The molecule has 4 rings (SSSR count). The molecule has 4 nitrogen and oxygen atoms in total. The van der Waals surface area contributed by atoms with Crippen molar-refractivity contribution < 1.29 is 13.2 Å². The summed E-state index contributed by atoms with van der Waals surface area (Å²) in [5.74, 6) is 0.731. The lowest BCUT2D eigenvalue weighted by Gasteiger charge is -2.30. The number of ether oxygens (including phenoxy) is 1. The van der Waals surface area contributed by atoms with Crippen LogP contribution in [0.3, 0.4) is 0 Å². The van der Waals surface area contributed by atoms with Crippen molar-refractivity contribution in [2.75, 3.05) is 4.72 Å². The van der Waals surface area contributed by atoms with E-state index < -0.39 is 15.6 Å². The second-order valence-electron chi connectivity index (χ2n) is 7.72. The van der Waals surface area contributed by atoms with Gasteiger partial charge >= 0.3 is 0 Å². The first kappa shape index (κ1) is 19.3. The van der Waals surface area contributed by atoms with Crippen LogP contribution in [0.1, 0.15) is 25.0 Å². The average Bonchev–Trinajstić information content (AvgIpc) is 2.68. The minimum Gasteiger partial charge on any atom is -0.483 e. The molecular formula is C24H23NO3S. The first-order valence-electron chi connectivity index (χ1n) is 9.45. The van der Waals surface area contributed by atoms with Gasteiger partial charge in [0.1, 0.15) is 11.4 Å². The molecule has 29 heavy (non-hydrogen) atoms. The fourth-order valence-electron chi connectivity index (χ4n) is 3.38. The van der Waals surface area contributed by atoms with Crippen LogP contribution in [0.5, 0.6) is 5.75 Å². The molecule has 0 saturated carbocycles. The van der Waals surface area contributed by atoms with E-state index in [1.807, 2.05) is 69.3 Å². The first-order chi connectivity index (χ1) is 13.8. The van der Waals surface area contributed by atoms with Gasteiger partial charge in [0.2, 0.25) is 0 Å². The van der Waals surface area contributed by atoms with Crippen LogP contribution in [0.2, 0.25) is 0 Å². The Morgan fingerprint density at radius 2 is 1.59 bits per heavy atom. The number of rotatable bonds is 4. The summed E-state index contributed by atoms with van der Waals surface area (Å²) in [6.45, 7) is 5.90. The molecule has 0 fully saturated rings. The zero-order chi connectivity index (χ0) is 20.6. The standard InChI is InChI=1S/C24H23NO3S/c1-17-9-11-19(12-10-17)29(26,27)25-21-13-14-22-20(15-16-24(2,3)28-22)23(21)18-7-5-4-6-8-18/h4-16,25H,1-3H3. The first-order valence-corrected chi connectivity index (χ1v) is 10.9. The van der Waals surface area contributed by atoms with E-state index in [1.54, 1.807) is 30.3 Å². The van der Waals surface area contributed by atoms with Gasteiger partial charge in [0, 0.05) is 11.1 Å². The zero-order valence-corrected chi connectivity index (χ0v) is 17.5. The van der Waals surface area contributed by atoms with Gasteiger partial charge in [0.05, 0.1) is 10.6 Å². The summed E-state index contributed by atoms with van der Waals surface area (Å²) < 4.78 is 34.9. The van der Waals surface area contributed by atoms with E-state index in [1.165, 1.54) is 0 Å². The van der Waals surface area contributed by atoms with Gasteiger partial charge in [-0.25, -0.2) is 8.42 Å². The van der Waals surface area contributed by atoms with Crippen LogP contribution in [0.4, 0.5) is 5.69 Å². The van der Waals surface area contributed by atoms with E-state index in [2.05, 4.69) is 4.72 Å². The normalized spacial score (nSPS) is 14.7. The molecule has 0 radical (unpaired) electrons. The van der Waals surface area contributed by atoms with Gasteiger partial charge in [0.15, 0.2) is 0 Å². The van der Waals surface area contributed by atoms with Gasteiger partial charge < -0.3 is 4.74 Å². The number of aryl methyl sites for hydroxylation is 1. The quantitative estimate of drug-likeness (QED) is 0.610. The molecule has 0 bridgehead atoms. The highest BCUT2D eigenvalue weighted by Crippen LogP contribution is 2.42. The predicted octanol–water partition coefficient (Wildman–Crippen LogP) is 5.65. The van der Waals surface area contributed by atoms with Crippen LogP contribution in [-0.2, 0) is 10.0 Å². The smallest absolute Gasteiger partial charge is 0.261 e. The number of benzene rings is 3. The van der Waals surface area contributed by atoms with Crippen molar-refractivity contribution in [3.8, 4) is 16.9 Å². The SMILES string of the molecule is Cc1ccc(S(=O)(=O)Nc2ccc3c(c2-c2ccccc2)C=CC(C)(C)O3)cc1. The molecule has 3 aromatic carbocycles. The molecule has 148 valence electrons. The van der Waals surface area contributed by atoms with E-state index in [4.69, 9.17) is 4.74 Å². The Morgan fingerprint density at radius 3 is 2.28 bits per heavy atom. The lowest BCUT2D eigenvalue weighted by Crippen LogP contribution is -2.27. The molecule has 0 atom stereocenters. The number of fused-ring (bicyclic) bond motifs is 1. The van der Waals surface area contributed by atoms with Gasteiger partial charge in [-0.1, -0.05) is 54.1 Å². The highest BCUT2D eigenvalue weighted by Gasteiger charge is 2.26. The summed E-state index contributed by atoms with van der Waals surface area (Å²) in [5, 5.41) is 0. The Morgan fingerprint density at radius 1 is 0.897 bits per heavy atom. The maximum Gasteiger partial charge on any atom is 0.261 e. The van der Waals surface area contributed by atoms with Crippen molar-refractivity contribution in [3.05, 3.63) is 83.9 Å². The van der Waals surface area contributed by atoms with Crippen molar-refractivity contribution in [3.63, 3.8) is 0 Å². The van der Waals surface area contributed by atoms with E-state index in [-0.39, 0.29) is 4.90 Å². The Labute approximate surface area is 171 Å². The molecule has 0 spiro atoms. The predicted molar refractivity (Wildman–Crippen MR) is 118 cm³/mol. The average molecular weight is 406 g/mol. The summed E-state index contributed by atoms with van der Waals surface area (Å²) in [7, 11) is -3.72. The molecule has 0 saturated heterocycles. The molecule has 0 amide bonds. The molecule has 0 aliphatic carbocycles. The molecule has 1 aliphatic rings. The summed E-state index contributed by atoms with van der Waals surface area (Å²) in [6.07, 6.45) is 3.99. The summed E-state index contributed by atoms with van der Waals surface area (Å²) in [5.41, 5.74) is 3.68. The van der Waals surface area contributed by atoms with Crippen molar-refractivity contribution >= 4 is 21.8 Å². The van der Waals surface area contributed by atoms with Gasteiger partial charge in [-0.2, -0.15) is 0 Å². The lowest BCUT2D eigenvalue weighted by molar-refractivity contribution is 0.159. The summed E-state index contributed by atoms with van der Waals surface area (Å²) in [4.78, 5) is 0.229. The van der Waals surface area contributed by atoms with E-state index in [0.717, 1.165) is 28.0 Å². The fraction of sp³-hybridized carbons (Fsp3) is 0.167. The topological polar surface area (TPSA) is 55.4 Å². The molecular weight excluding hydrogens is 382 g/mol. The number of sulfonamides is 1. The zero-order valence-electron chi connectivity index (χ0n) is 16.6. The van der Waals surface area contributed by atoms with Crippen LogP contribution >= 0.6 is 0 Å². The van der Waals surface area contributed by atoms with E-state index in [9.17, 15) is 8.42 Å². The Kier molecular flexibility index (Phi) is 4.71. The second kappa shape index (κ2) is 7.08. The number of hydrogen-bond acceptors (Lipinski definition) is 3. The molecule has 0 unspecified atom stereocenters. The van der Waals surface area contributed by atoms with Crippen molar-refractivity contribution in [2.45, 2.75) is 31.3 Å². The van der Waals surface area contributed by atoms with Gasteiger partial charge in [-0.05, 0) is 56.7 Å². The molecule has 1 aliphatic heterocycles. The van der Waals surface area contributed by atoms with Crippen LogP contribution < -0.4 is 9.46 Å². The highest BCUT2D eigenvalue weighted by atomic mass is 32.2. The molecule has 3 aromatic rings. The second-order valence-corrected chi connectivity index (χ2v) is 9.41. The molecule has 5 heteroatoms. The third-order valence-electron chi connectivity index (χ3n) is 4.87. The third kappa shape index (κ3) is 3.91. The molecule has 1 heterocycles. The van der Waals surface area contributed by atoms with Gasteiger partial charge in [0.25, 0.3) is 10.0 Å². The Bertz CT molecular complexity index is 1180. The van der Waals surface area contributed by atoms with Crippen LogP contribution in [0.15, 0.2) is 77.7 Å². The van der Waals surface area contributed by atoms with Crippen LogP contribution in [0, 0.1) is 6.92 Å². The van der Waals surface area contributed by atoms with E-state index in [0.29, 0.717) is 5.69 Å². The highest BCUT2D eigenvalue weighted by molar-refractivity contribution is 7.92. The maximum absolute atomic E-state index is 13.0. The number of hydrogen-bond donors (Lipinski definition) is 1. The molecule has 0 aromatic heterocycles. The third-order valence-corrected chi connectivity index (χ3v) is 6.25. The minimum atomic E-state index is -3.72. The van der Waals surface area contributed by atoms with Gasteiger partial charge in [-0.3, -0.25) is 4.72 Å². The van der Waals surface area contributed by atoms with Crippen molar-refractivity contribution in [2.24, 2.45) is 0 Å². The Balaban J connectivity index is 1.85. The number of nitrogens with one attached hydrogen (secondary N) is 1. The minimum absolute atomic E-state index is 0.229. The van der Waals surface area contributed by atoms with Crippen LogP contribution in [0.25, 0.3) is 17.2 Å². The largest absolute Gasteiger partial charge is 0.483 e. The monoisotopic (exact) mass is 405 g/mol. The summed E-state index contributed by atoms with van der Waals surface area (Å²) >= 11 is 0.